The van der Waals surface area contributed by atoms with Gasteiger partial charge in [-0.25, -0.2) is 0 Å². The molecular formula is C8H14O4S. The zero-order valence-electron chi connectivity index (χ0n) is 7.99. The third kappa shape index (κ3) is 3.67. The number of thioether (sulfide) groups is 1. The van der Waals surface area contributed by atoms with Gasteiger partial charge in [0, 0.05) is 0 Å². The number of carbonyl (C=O) groups is 2. The molecule has 1 unspecified atom stereocenters. The average molecular weight is 206 g/mol. The van der Waals surface area contributed by atoms with Crippen LogP contribution in [0.3, 0.4) is 0 Å². The van der Waals surface area contributed by atoms with Gasteiger partial charge in [-0.15, -0.1) is 11.8 Å². The van der Waals surface area contributed by atoms with Crippen molar-refractivity contribution in [2.45, 2.75) is 25.0 Å². The lowest BCUT2D eigenvalue weighted by Crippen LogP contribution is -2.31. The zero-order valence-corrected chi connectivity index (χ0v) is 8.81. The minimum absolute atomic E-state index is 0.0765. The van der Waals surface area contributed by atoms with Crippen molar-refractivity contribution in [1.82, 2.24) is 0 Å². The number of rotatable bonds is 5. The van der Waals surface area contributed by atoms with Crippen LogP contribution in [0.5, 0.6) is 0 Å². The highest BCUT2D eigenvalue weighted by molar-refractivity contribution is 8.02. The molecular weight excluding hydrogens is 192 g/mol. The van der Waals surface area contributed by atoms with E-state index in [9.17, 15) is 9.59 Å². The highest BCUT2D eigenvalue weighted by Crippen LogP contribution is 2.28. The molecule has 0 radical (unpaired) electrons. The van der Waals surface area contributed by atoms with Crippen LogP contribution in [0, 0.1) is 0 Å². The summed E-state index contributed by atoms with van der Waals surface area (Å²) >= 11 is 1.09. The van der Waals surface area contributed by atoms with E-state index in [0.29, 0.717) is 6.42 Å². The first-order chi connectivity index (χ1) is 5.96. The van der Waals surface area contributed by atoms with E-state index in [-0.39, 0.29) is 5.75 Å². The van der Waals surface area contributed by atoms with Crippen LogP contribution < -0.4 is 0 Å². The highest BCUT2D eigenvalue weighted by atomic mass is 32.2. The molecule has 0 heterocycles. The van der Waals surface area contributed by atoms with Crippen molar-refractivity contribution in [3.05, 3.63) is 0 Å². The second-order valence-corrected chi connectivity index (χ2v) is 4.23. The number of ether oxygens (including phenoxy) is 1. The fourth-order valence-electron chi connectivity index (χ4n) is 0.592. The monoisotopic (exact) mass is 206 g/mol. The predicted octanol–water partition coefficient (Wildman–Crippen LogP) is 1.15. The number of carboxylic acids is 1. The molecule has 0 saturated heterocycles. The molecule has 0 rings (SSSR count). The number of aliphatic carboxylic acids is 1. The maximum Gasteiger partial charge on any atom is 0.319 e. The van der Waals surface area contributed by atoms with Gasteiger partial charge >= 0.3 is 11.9 Å². The fraction of sp³-hybridized carbons (Fsp3) is 0.750. The Hall–Kier alpha value is -0.710. The van der Waals surface area contributed by atoms with Crippen LogP contribution >= 0.6 is 11.8 Å². The van der Waals surface area contributed by atoms with Crippen LogP contribution in [-0.2, 0) is 14.3 Å². The third-order valence-corrected chi connectivity index (χ3v) is 3.34. The van der Waals surface area contributed by atoms with Crippen molar-refractivity contribution in [2.75, 3.05) is 12.9 Å². The van der Waals surface area contributed by atoms with Gasteiger partial charge in [0.05, 0.1) is 12.9 Å². The molecule has 0 aliphatic rings. The number of hydrogen-bond acceptors (Lipinski definition) is 4. The van der Waals surface area contributed by atoms with Crippen LogP contribution in [0.25, 0.3) is 0 Å². The van der Waals surface area contributed by atoms with Crippen molar-refractivity contribution >= 4 is 23.7 Å². The molecule has 0 aromatic carbocycles. The Morgan fingerprint density at radius 1 is 1.54 bits per heavy atom. The van der Waals surface area contributed by atoms with E-state index < -0.39 is 16.7 Å². The van der Waals surface area contributed by atoms with E-state index in [1.807, 2.05) is 0 Å². The molecule has 0 aromatic rings. The molecule has 0 aliphatic carbocycles. The Bertz CT molecular complexity index is 204. The van der Waals surface area contributed by atoms with Gasteiger partial charge in [0.1, 0.15) is 4.75 Å². The first kappa shape index (κ1) is 12.3. The lowest BCUT2D eigenvalue weighted by Gasteiger charge is -2.21. The minimum atomic E-state index is -0.899. The molecule has 1 atom stereocenters. The molecule has 76 valence electrons. The molecule has 0 saturated carbocycles. The van der Waals surface area contributed by atoms with Gasteiger partial charge in [-0.3, -0.25) is 9.59 Å². The van der Waals surface area contributed by atoms with Crippen molar-refractivity contribution in [1.29, 1.82) is 0 Å². The maximum atomic E-state index is 10.8. The topological polar surface area (TPSA) is 63.6 Å². The van der Waals surface area contributed by atoms with E-state index in [1.165, 1.54) is 7.11 Å². The predicted molar refractivity (Wildman–Crippen MR) is 50.8 cm³/mol. The average Bonchev–Trinajstić information content (AvgIpc) is 2.13. The second-order valence-electron chi connectivity index (χ2n) is 2.75. The van der Waals surface area contributed by atoms with E-state index >= 15 is 0 Å². The van der Waals surface area contributed by atoms with Crippen molar-refractivity contribution in [3.63, 3.8) is 0 Å². The number of esters is 1. The van der Waals surface area contributed by atoms with Crippen LogP contribution in [0.1, 0.15) is 20.3 Å². The SMILES string of the molecule is CCC(C)(SCC(=O)OC)C(=O)O. The van der Waals surface area contributed by atoms with E-state index in [4.69, 9.17) is 5.11 Å². The van der Waals surface area contributed by atoms with Crippen molar-refractivity contribution in [2.24, 2.45) is 0 Å². The van der Waals surface area contributed by atoms with Gasteiger partial charge in [-0.05, 0) is 13.3 Å². The summed E-state index contributed by atoms with van der Waals surface area (Å²) in [7, 11) is 1.28. The number of hydrogen-bond donors (Lipinski definition) is 1. The smallest absolute Gasteiger partial charge is 0.319 e. The van der Waals surface area contributed by atoms with Gasteiger partial charge in [0.2, 0.25) is 0 Å². The molecule has 0 spiro atoms. The number of carboxylic acid groups (broad SMARTS) is 1. The van der Waals surface area contributed by atoms with Gasteiger partial charge in [-0.2, -0.15) is 0 Å². The largest absolute Gasteiger partial charge is 0.480 e. The van der Waals surface area contributed by atoms with Crippen LogP contribution in [0.4, 0.5) is 0 Å². The Morgan fingerprint density at radius 2 is 2.08 bits per heavy atom. The van der Waals surface area contributed by atoms with Gasteiger partial charge in [-0.1, -0.05) is 6.92 Å². The summed E-state index contributed by atoms with van der Waals surface area (Å²) in [5.41, 5.74) is 0. The molecule has 4 nitrogen and oxygen atoms in total. The molecule has 0 fully saturated rings. The molecule has 0 aliphatic heterocycles. The molecule has 5 heteroatoms. The van der Waals surface area contributed by atoms with Gasteiger partial charge in [0.25, 0.3) is 0 Å². The Labute approximate surface area is 81.6 Å². The Balaban J connectivity index is 4.13. The van der Waals surface area contributed by atoms with Crippen LogP contribution in [0.2, 0.25) is 0 Å². The van der Waals surface area contributed by atoms with E-state index in [2.05, 4.69) is 4.74 Å². The van der Waals surface area contributed by atoms with Gasteiger partial charge in [0.15, 0.2) is 0 Å². The first-order valence-corrected chi connectivity index (χ1v) is 4.89. The first-order valence-electron chi connectivity index (χ1n) is 3.90. The van der Waals surface area contributed by atoms with E-state index in [1.54, 1.807) is 13.8 Å². The number of carbonyl (C=O) groups excluding carboxylic acids is 1. The second kappa shape index (κ2) is 5.11. The third-order valence-electron chi connectivity index (χ3n) is 1.86. The summed E-state index contributed by atoms with van der Waals surface area (Å²) in [5, 5.41) is 8.85. The fourth-order valence-corrected chi connectivity index (χ4v) is 1.47. The van der Waals surface area contributed by atoms with Crippen LogP contribution in [0.15, 0.2) is 0 Å². The molecule has 1 N–H and O–H groups in total. The summed E-state index contributed by atoms with van der Waals surface area (Å²) < 4.78 is 3.52. The summed E-state index contributed by atoms with van der Waals surface area (Å²) in [6.45, 7) is 3.38. The summed E-state index contributed by atoms with van der Waals surface area (Å²) in [6, 6.07) is 0. The maximum absolute atomic E-state index is 10.8. The molecule has 13 heavy (non-hydrogen) atoms. The molecule has 0 aromatic heterocycles. The standard InChI is InChI=1S/C8H14O4S/c1-4-8(2,7(10)11)13-5-6(9)12-3/h4-5H2,1-3H3,(H,10,11). The summed E-state index contributed by atoms with van der Waals surface area (Å²) in [4.78, 5) is 21.5. The normalized spacial score (nSPS) is 14.7. The van der Waals surface area contributed by atoms with Crippen molar-refractivity contribution < 1.29 is 19.4 Å². The Morgan fingerprint density at radius 3 is 2.38 bits per heavy atom. The lowest BCUT2D eigenvalue weighted by molar-refractivity contribution is -0.139. The van der Waals surface area contributed by atoms with E-state index in [0.717, 1.165) is 11.8 Å². The minimum Gasteiger partial charge on any atom is -0.480 e. The lowest BCUT2D eigenvalue weighted by atomic mass is 10.1. The van der Waals surface area contributed by atoms with Crippen molar-refractivity contribution in [3.8, 4) is 0 Å². The zero-order chi connectivity index (χ0) is 10.5. The quantitative estimate of drug-likeness (QED) is 0.683. The number of methoxy groups -OCH3 is 1. The molecule has 0 bridgehead atoms. The summed E-state index contributed by atoms with van der Waals surface area (Å²) in [5.74, 6) is -1.22. The Kier molecular flexibility index (Phi) is 4.83. The molecule has 0 amide bonds. The summed E-state index contributed by atoms with van der Waals surface area (Å²) in [6.07, 6.45) is 0.476. The highest BCUT2D eigenvalue weighted by Gasteiger charge is 2.32. The van der Waals surface area contributed by atoms with Gasteiger partial charge < -0.3 is 9.84 Å². The van der Waals surface area contributed by atoms with Crippen LogP contribution in [-0.4, -0.2) is 34.7 Å².